The van der Waals surface area contributed by atoms with Crippen molar-refractivity contribution in [2.24, 2.45) is 0 Å². The molecule has 22 heavy (non-hydrogen) atoms. The van der Waals surface area contributed by atoms with E-state index in [0.717, 1.165) is 6.07 Å². The zero-order valence-corrected chi connectivity index (χ0v) is 11.7. The van der Waals surface area contributed by atoms with Crippen LogP contribution in [-0.2, 0) is 6.18 Å². The molecule has 1 aliphatic heterocycles. The Hall–Kier alpha value is -2.38. The number of nitrogens with zero attached hydrogens (tertiary/aromatic N) is 5. The third kappa shape index (κ3) is 3.10. The second-order valence-corrected chi connectivity index (χ2v) is 4.92. The fraction of sp³-hybridized carbons (Fsp3) is 0.357. The average Bonchev–Trinajstić information content (AvgIpc) is 2.55. The van der Waals surface area contributed by atoms with E-state index in [4.69, 9.17) is 0 Å². The largest absolute Gasteiger partial charge is 0.433 e. The zero-order chi connectivity index (χ0) is 15.6. The van der Waals surface area contributed by atoms with Crippen molar-refractivity contribution in [3.63, 3.8) is 0 Å². The third-order valence-corrected chi connectivity index (χ3v) is 3.52. The highest BCUT2D eigenvalue weighted by Gasteiger charge is 2.32. The topological polar surface area (TPSA) is 45.2 Å². The van der Waals surface area contributed by atoms with Gasteiger partial charge in [-0.1, -0.05) is 0 Å². The van der Waals surface area contributed by atoms with E-state index < -0.39 is 11.9 Å². The lowest BCUT2D eigenvalue weighted by Crippen LogP contribution is -2.47. The number of halogens is 3. The molecule has 0 N–H and O–H groups in total. The van der Waals surface area contributed by atoms with Crippen molar-refractivity contribution in [1.29, 1.82) is 0 Å². The predicted octanol–water partition coefficient (Wildman–Crippen LogP) is 2.22. The molecule has 2 aromatic heterocycles. The normalized spacial score (nSPS) is 16.0. The minimum absolute atomic E-state index is 0.674. The molecule has 8 heteroatoms. The van der Waals surface area contributed by atoms with Gasteiger partial charge in [-0.15, -0.1) is 0 Å². The summed E-state index contributed by atoms with van der Waals surface area (Å²) in [5.74, 6) is 0.674. The number of hydrogen-bond donors (Lipinski definition) is 0. The van der Waals surface area contributed by atoms with Gasteiger partial charge in [0.05, 0.1) is 11.9 Å². The van der Waals surface area contributed by atoms with Crippen molar-refractivity contribution in [2.45, 2.75) is 6.18 Å². The summed E-state index contributed by atoms with van der Waals surface area (Å²) in [7, 11) is 0. The molecule has 3 rings (SSSR count). The summed E-state index contributed by atoms with van der Waals surface area (Å²) in [4.78, 5) is 15.9. The summed E-state index contributed by atoms with van der Waals surface area (Å²) < 4.78 is 37.5. The Kier molecular flexibility index (Phi) is 3.82. The zero-order valence-electron chi connectivity index (χ0n) is 11.7. The van der Waals surface area contributed by atoms with Crippen LogP contribution in [0, 0.1) is 0 Å². The molecule has 1 aliphatic rings. The summed E-state index contributed by atoms with van der Waals surface area (Å²) in [6.07, 6.45) is 0.252. The molecule has 0 amide bonds. The molecular formula is C14H14F3N5. The van der Waals surface area contributed by atoms with Gasteiger partial charge in [0.1, 0.15) is 5.69 Å². The number of piperazine rings is 1. The Morgan fingerprint density at radius 1 is 0.864 bits per heavy atom. The number of hydrogen-bond acceptors (Lipinski definition) is 5. The van der Waals surface area contributed by atoms with E-state index in [1.807, 2.05) is 9.80 Å². The fourth-order valence-corrected chi connectivity index (χ4v) is 2.36. The van der Waals surface area contributed by atoms with Gasteiger partial charge >= 0.3 is 6.18 Å². The molecule has 0 spiro atoms. The molecule has 116 valence electrons. The van der Waals surface area contributed by atoms with Gasteiger partial charge in [-0.2, -0.15) is 13.2 Å². The summed E-state index contributed by atoms with van der Waals surface area (Å²) in [5.41, 5.74) is -0.172. The summed E-state index contributed by atoms with van der Waals surface area (Å²) in [6.45, 7) is 2.80. The first-order valence-electron chi connectivity index (χ1n) is 6.84. The van der Waals surface area contributed by atoms with E-state index in [0.29, 0.717) is 37.8 Å². The van der Waals surface area contributed by atoms with Crippen molar-refractivity contribution in [1.82, 2.24) is 15.0 Å². The molecule has 1 fully saturated rings. The Morgan fingerprint density at radius 3 is 2.05 bits per heavy atom. The summed E-state index contributed by atoms with van der Waals surface area (Å²) in [6, 6.07) is 4.24. The van der Waals surface area contributed by atoms with Gasteiger partial charge in [-0.3, -0.25) is 0 Å². The maximum absolute atomic E-state index is 12.5. The molecule has 0 bridgehead atoms. The molecule has 0 atom stereocenters. The maximum atomic E-state index is 12.5. The summed E-state index contributed by atoms with van der Waals surface area (Å²) in [5, 5.41) is 0. The molecule has 0 aromatic carbocycles. The lowest BCUT2D eigenvalue weighted by molar-refractivity contribution is -0.141. The quantitative estimate of drug-likeness (QED) is 0.851. The number of anilines is 2. The van der Waals surface area contributed by atoms with Gasteiger partial charge in [0, 0.05) is 38.6 Å². The highest BCUT2D eigenvalue weighted by molar-refractivity contribution is 5.47. The van der Waals surface area contributed by atoms with Crippen molar-refractivity contribution >= 4 is 11.6 Å². The molecule has 2 aromatic rings. The average molecular weight is 309 g/mol. The molecule has 1 saturated heterocycles. The van der Waals surface area contributed by atoms with Crippen LogP contribution >= 0.6 is 0 Å². The highest BCUT2D eigenvalue weighted by atomic mass is 19.4. The number of rotatable bonds is 2. The van der Waals surface area contributed by atoms with Crippen LogP contribution in [0.2, 0.25) is 0 Å². The van der Waals surface area contributed by atoms with Crippen LogP contribution in [0.15, 0.2) is 36.8 Å². The molecule has 3 heterocycles. The molecule has 0 unspecified atom stereocenters. The Bertz CT molecular complexity index is 607. The molecule has 0 saturated carbocycles. The Labute approximate surface area is 125 Å². The number of aromatic nitrogens is 3. The summed E-state index contributed by atoms with van der Waals surface area (Å²) >= 11 is 0. The van der Waals surface area contributed by atoms with Crippen LogP contribution in [-0.4, -0.2) is 41.1 Å². The van der Waals surface area contributed by atoms with Gasteiger partial charge in [0.2, 0.25) is 5.95 Å². The highest BCUT2D eigenvalue weighted by Crippen LogP contribution is 2.28. The minimum Gasteiger partial charge on any atom is -0.367 e. The lowest BCUT2D eigenvalue weighted by atomic mass is 10.2. The molecule has 5 nitrogen and oxygen atoms in total. The van der Waals surface area contributed by atoms with E-state index in [1.165, 1.54) is 12.3 Å². The van der Waals surface area contributed by atoms with Crippen LogP contribution < -0.4 is 9.80 Å². The van der Waals surface area contributed by atoms with Gasteiger partial charge in [-0.25, -0.2) is 15.0 Å². The molecular weight excluding hydrogens is 295 g/mol. The van der Waals surface area contributed by atoms with E-state index in [2.05, 4.69) is 15.0 Å². The smallest absolute Gasteiger partial charge is 0.367 e. The third-order valence-electron chi connectivity index (χ3n) is 3.52. The standard InChI is InChI=1S/C14H14F3N5/c15-14(16,17)12-3-2-11(10-20-12)21-6-8-22(9-7-21)13-18-4-1-5-19-13/h1-5,10H,6-9H2. The van der Waals surface area contributed by atoms with Gasteiger partial charge in [-0.05, 0) is 18.2 Å². The van der Waals surface area contributed by atoms with Crippen LogP contribution in [0.1, 0.15) is 5.69 Å². The monoisotopic (exact) mass is 309 g/mol. The lowest BCUT2D eigenvalue weighted by Gasteiger charge is -2.35. The molecule has 0 aliphatic carbocycles. The number of pyridine rings is 1. The second-order valence-electron chi connectivity index (χ2n) is 4.92. The first-order valence-corrected chi connectivity index (χ1v) is 6.84. The van der Waals surface area contributed by atoms with Crippen LogP contribution in [0.5, 0.6) is 0 Å². The maximum Gasteiger partial charge on any atom is 0.433 e. The Morgan fingerprint density at radius 2 is 1.50 bits per heavy atom. The van der Waals surface area contributed by atoms with Crippen molar-refractivity contribution < 1.29 is 13.2 Å². The van der Waals surface area contributed by atoms with E-state index in [1.54, 1.807) is 18.5 Å². The fourth-order valence-electron chi connectivity index (χ4n) is 2.36. The first kappa shape index (κ1) is 14.6. The van der Waals surface area contributed by atoms with Crippen LogP contribution in [0.3, 0.4) is 0 Å². The van der Waals surface area contributed by atoms with Crippen LogP contribution in [0.25, 0.3) is 0 Å². The van der Waals surface area contributed by atoms with Crippen LogP contribution in [0.4, 0.5) is 24.8 Å². The predicted molar refractivity (Wildman–Crippen MR) is 75.7 cm³/mol. The van der Waals surface area contributed by atoms with E-state index in [9.17, 15) is 13.2 Å². The van der Waals surface area contributed by atoms with Crippen molar-refractivity contribution in [3.8, 4) is 0 Å². The minimum atomic E-state index is -4.40. The van der Waals surface area contributed by atoms with Gasteiger partial charge < -0.3 is 9.80 Å². The van der Waals surface area contributed by atoms with Crippen molar-refractivity contribution in [3.05, 3.63) is 42.5 Å². The first-order chi connectivity index (χ1) is 10.5. The van der Waals surface area contributed by atoms with Gasteiger partial charge in [0.25, 0.3) is 0 Å². The van der Waals surface area contributed by atoms with Crippen molar-refractivity contribution in [2.75, 3.05) is 36.0 Å². The van der Waals surface area contributed by atoms with Gasteiger partial charge in [0.15, 0.2) is 0 Å². The Balaban J connectivity index is 1.64. The van der Waals surface area contributed by atoms with E-state index >= 15 is 0 Å². The second kappa shape index (κ2) is 5.78. The molecule has 0 radical (unpaired) electrons. The SMILES string of the molecule is FC(F)(F)c1ccc(N2CCN(c3ncccn3)CC2)cn1. The number of alkyl halides is 3. The van der Waals surface area contributed by atoms with E-state index in [-0.39, 0.29) is 0 Å².